The minimum atomic E-state index is -0.855. The lowest BCUT2D eigenvalue weighted by Gasteiger charge is -2.42. The number of nitrogens with one attached hydrogen (secondary N) is 1. The van der Waals surface area contributed by atoms with Gasteiger partial charge in [-0.25, -0.2) is 4.79 Å². The van der Waals surface area contributed by atoms with Gasteiger partial charge in [0.1, 0.15) is 0 Å². The fourth-order valence-electron chi connectivity index (χ4n) is 2.46. The van der Waals surface area contributed by atoms with Crippen LogP contribution < -0.4 is 5.32 Å². The third-order valence-electron chi connectivity index (χ3n) is 3.77. The molecule has 2 N–H and O–H groups in total. The van der Waals surface area contributed by atoms with Crippen molar-refractivity contribution in [3.63, 3.8) is 0 Å². The van der Waals surface area contributed by atoms with Gasteiger partial charge in [0.2, 0.25) is 0 Å². The van der Waals surface area contributed by atoms with Crippen LogP contribution in [-0.2, 0) is 11.3 Å². The Bertz CT molecular complexity index is 469. The van der Waals surface area contributed by atoms with Crippen molar-refractivity contribution in [1.29, 1.82) is 0 Å². The van der Waals surface area contributed by atoms with Crippen molar-refractivity contribution in [3.8, 4) is 0 Å². The number of rotatable bonds is 6. The molecule has 0 bridgehead atoms. The monoisotopic (exact) mass is 296 g/mol. The summed E-state index contributed by atoms with van der Waals surface area (Å²) in [6.07, 6.45) is 2.49. The normalized spacial score (nSPS) is 16.2. The molecule has 0 aliphatic heterocycles. The summed E-state index contributed by atoms with van der Waals surface area (Å²) in [4.78, 5) is 26.1. The summed E-state index contributed by atoms with van der Waals surface area (Å²) in [6.45, 7) is 3.11. The molecule has 2 rings (SSSR count). The zero-order chi connectivity index (χ0) is 14.6. The molecule has 20 heavy (non-hydrogen) atoms. The second-order valence-electron chi connectivity index (χ2n) is 5.23. The van der Waals surface area contributed by atoms with Crippen molar-refractivity contribution in [1.82, 2.24) is 10.2 Å². The number of aliphatic carboxylic acids is 1. The Labute approximate surface area is 122 Å². The van der Waals surface area contributed by atoms with Crippen LogP contribution in [0.5, 0.6) is 0 Å². The van der Waals surface area contributed by atoms with E-state index < -0.39 is 11.5 Å². The summed E-state index contributed by atoms with van der Waals surface area (Å²) >= 11 is 1.62. The Hall–Kier alpha value is -1.56. The van der Waals surface area contributed by atoms with E-state index in [0.717, 1.165) is 24.1 Å². The molecule has 6 heteroatoms. The van der Waals surface area contributed by atoms with Gasteiger partial charge in [0, 0.05) is 11.4 Å². The van der Waals surface area contributed by atoms with Gasteiger partial charge in [0.25, 0.3) is 0 Å². The molecule has 0 atom stereocenters. The van der Waals surface area contributed by atoms with Crippen LogP contribution in [0.2, 0.25) is 0 Å². The van der Waals surface area contributed by atoms with E-state index in [1.165, 1.54) is 0 Å². The molecule has 1 aromatic rings. The number of carbonyl (C=O) groups is 2. The molecular formula is C14H20N2O3S. The van der Waals surface area contributed by atoms with Gasteiger partial charge < -0.3 is 15.3 Å². The van der Waals surface area contributed by atoms with Gasteiger partial charge >= 0.3 is 12.0 Å². The van der Waals surface area contributed by atoms with Gasteiger partial charge in [-0.2, -0.15) is 0 Å². The third kappa shape index (κ3) is 3.50. The molecule has 2 amide bonds. The van der Waals surface area contributed by atoms with Gasteiger partial charge in [-0.3, -0.25) is 4.79 Å². The van der Waals surface area contributed by atoms with E-state index in [4.69, 9.17) is 5.11 Å². The first kappa shape index (κ1) is 14.8. The lowest BCUT2D eigenvalue weighted by Crippen LogP contribution is -2.57. The minimum Gasteiger partial charge on any atom is -0.481 e. The quantitative estimate of drug-likeness (QED) is 0.848. The number of urea groups is 1. The van der Waals surface area contributed by atoms with Gasteiger partial charge in [0.15, 0.2) is 0 Å². The lowest BCUT2D eigenvalue weighted by atomic mass is 9.74. The summed E-state index contributed by atoms with van der Waals surface area (Å²) in [6, 6.07) is 3.79. The van der Waals surface area contributed by atoms with Crippen LogP contribution in [0.3, 0.4) is 0 Å². The smallest absolute Gasteiger partial charge is 0.318 e. The number of amides is 2. The zero-order valence-electron chi connectivity index (χ0n) is 11.6. The Morgan fingerprint density at radius 1 is 1.50 bits per heavy atom. The summed E-state index contributed by atoms with van der Waals surface area (Å²) in [7, 11) is 0. The van der Waals surface area contributed by atoms with Gasteiger partial charge in [-0.1, -0.05) is 6.07 Å². The number of carboxylic acids is 1. The maximum atomic E-state index is 12.3. The maximum absolute atomic E-state index is 12.3. The largest absolute Gasteiger partial charge is 0.481 e. The molecule has 0 spiro atoms. The fourth-order valence-corrected chi connectivity index (χ4v) is 3.18. The molecule has 0 saturated heterocycles. The second-order valence-corrected chi connectivity index (χ2v) is 6.26. The number of thiophene rings is 1. The zero-order valence-corrected chi connectivity index (χ0v) is 12.4. The highest BCUT2D eigenvalue weighted by Crippen LogP contribution is 2.35. The van der Waals surface area contributed by atoms with Crippen molar-refractivity contribution in [3.05, 3.63) is 22.4 Å². The van der Waals surface area contributed by atoms with E-state index in [2.05, 4.69) is 5.32 Å². The molecule has 1 aromatic heterocycles. The lowest BCUT2D eigenvalue weighted by molar-refractivity contribution is -0.139. The number of carboxylic acid groups (broad SMARTS) is 1. The highest BCUT2D eigenvalue weighted by molar-refractivity contribution is 7.09. The topological polar surface area (TPSA) is 69.6 Å². The molecule has 1 aliphatic rings. The van der Waals surface area contributed by atoms with E-state index in [-0.39, 0.29) is 12.5 Å². The highest BCUT2D eigenvalue weighted by Gasteiger charge is 2.41. The molecular weight excluding hydrogens is 276 g/mol. The van der Waals surface area contributed by atoms with Gasteiger partial charge in [0.05, 0.1) is 18.5 Å². The van der Waals surface area contributed by atoms with Crippen LogP contribution in [0.4, 0.5) is 4.79 Å². The summed E-state index contributed by atoms with van der Waals surface area (Å²) < 4.78 is 0. The van der Waals surface area contributed by atoms with E-state index in [1.54, 1.807) is 16.2 Å². The van der Waals surface area contributed by atoms with Gasteiger partial charge in [-0.05, 0) is 37.6 Å². The van der Waals surface area contributed by atoms with Gasteiger partial charge in [-0.15, -0.1) is 11.3 Å². The highest BCUT2D eigenvalue weighted by atomic mass is 32.1. The number of carbonyl (C=O) groups excluding carboxylic acids is 1. The third-order valence-corrected chi connectivity index (χ3v) is 4.63. The molecule has 110 valence electrons. The van der Waals surface area contributed by atoms with E-state index in [9.17, 15) is 9.59 Å². The molecule has 1 heterocycles. The average molecular weight is 296 g/mol. The molecule has 1 saturated carbocycles. The molecule has 0 aromatic carbocycles. The van der Waals surface area contributed by atoms with Crippen molar-refractivity contribution >= 4 is 23.3 Å². The van der Waals surface area contributed by atoms with Crippen LogP contribution in [0, 0.1) is 0 Å². The predicted octanol–water partition coefficient (Wildman–Crippen LogP) is 2.68. The standard InChI is InChI=1S/C14H20N2O3S/c1-2-16(10-11-5-3-8-20-11)13(19)15-14(6-4-7-14)9-12(17)18/h3,5,8H,2,4,6-7,9-10H2,1H3,(H,15,19)(H,17,18). The Morgan fingerprint density at radius 2 is 2.25 bits per heavy atom. The summed E-state index contributed by atoms with van der Waals surface area (Å²) in [5, 5.41) is 13.9. The van der Waals surface area contributed by atoms with Crippen molar-refractivity contribution in [2.24, 2.45) is 0 Å². The first-order valence-electron chi connectivity index (χ1n) is 6.86. The molecule has 0 unspecified atom stereocenters. The predicted molar refractivity (Wildman–Crippen MR) is 77.8 cm³/mol. The molecule has 5 nitrogen and oxygen atoms in total. The minimum absolute atomic E-state index is 0.00922. The first-order valence-corrected chi connectivity index (χ1v) is 7.74. The molecule has 1 aliphatic carbocycles. The SMILES string of the molecule is CCN(Cc1cccs1)C(=O)NC1(CC(=O)O)CCC1. The summed E-state index contributed by atoms with van der Waals surface area (Å²) in [5.41, 5.74) is -0.536. The fraction of sp³-hybridized carbons (Fsp3) is 0.571. The van der Waals surface area contributed by atoms with Crippen molar-refractivity contribution < 1.29 is 14.7 Å². The second kappa shape index (κ2) is 6.26. The maximum Gasteiger partial charge on any atom is 0.318 e. The number of hydrogen-bond donors (Lipinski definition) is 2. The van der Waals surface area contributed by atoms with E-state index in [0.29, 0.717) is 13.1 Å². The summed E-state index contributed by atoms with van der Waals surface area (Å²) in [5.74, 6) is -0.855. The van der Waals surface area contributed by atoms with E-state index in [1.807, 2.05) is 24.4 Å². The molecule has 1 fully saturated rings. The average Bonchev–Trinajstić information content (AvgIpc) is 2.85. The van der Waals surface area contributed by atoms with Crippen molar-refractivity contribution in [2.75, 3.05) is 6.54 Å². The number of nitrogens with zero attached hydrogens (tertiary/aromatic N) is 1. The van der Waals surface area contributed by atoms with Crippen LogP contribution in [0.15, 0.2) is 17.5 Å². The molecule has 0 radical (unpaired) electrons. The van der Waals surface area contributed by atoms with Crippen LogP contribution in [0.25, 0.3) is 0 Å². The van der Waals surface area contributed by atoms with Crippen molar-refractivity contribution in [2.45, 2.75) is 44.7 Å². The van der Waals surface area contributed by atoms with Crippen LogP contribution in [0.1, 0.15) is 37.5 Å². The van der Waals surface area contributed by atoms with E-state index >= 15 is 0 Å². The first-order chi connectivity index (χ1) is 9.54. The van der Waals surface area contributed by atoms with Crippen LogP contribution >= 0.6 is 11.3 Å². The Kier molecular flexibility index (Phi) is 4.65. The number of hydrogen-bond acceptors (Lipinski definition) is 3. The van der Waals surface area contributed by atoms with Crippen LogP contribution in [-0.4, -0.2) is 34.1 Å². The Balaban J connectivity index is 1.96. The Morgan fingerprint density at radius 3 is 2.70 bits per heavy atom.